The number of sulfonamides is 1. The summed E-state index contributed by atoms with van der Waals surface area (Å²) in [5.74, 6) is 0.476. The number of carbonyl (C=O) groups excluding carboxylic acids is 1. The third kappa shape index (κ3) is 7.41. The molecule has 3 heterocycles. The lowest BCUT2D eigenvalue weighted by Gasteiger charge is -2.37. The first-order valence-corrected chi connectivity index (χ1v) is 16.0. The zero-order valence-electron chi connectivity index (χ0n) is 22.5. The molecule has 4 rings (SSSR count). The van der Waals surface area contributed by atoms with E-state index in [1.165, 1.54) is 4.31 Å². The van der Waals surface area contributed by atoms with Gasteiger partial charge in [0.15, 0.2) is 0 Å². The fourth-order valence-electron chi connectivity index (χ4n) is 4.99. The zero-order valence-corrected chi connectivity index (χ0v) is 24.2. The van der Waals surface area contributed by atoms with Gasteiger partial charge in [-0.3, -0.25) is 14.7 Å². The maximum atomic E-state index is 13.4. The quantitative estimate of drug-likeness (QED) is 0.313. The van der Waals surface area contributed by atoms with Crippen molar-refractivity contribution in [3.8, 4) is 5.75 Å². The van der Waals surface area contributed by atoms with E-state index in [2.05, 4.69) is 27.9 Å². The molecular formula is C23H40N6O7S2. The van der Waals surface area contributed by atoms with Crippen LogP contribution in [0.15, 0.2) is 23.1 Å². The minimum atomic E-state index is -3.67. The number of amides is 1. The Morgan fingerprint density at radius 2 is 1.71 bits per heavy atom. The average Bonchev–Trinajstić information content (AvgIpc) is 3.14. The molecule has 15 heteroatoms. The summed E-state index contributed by atoms with van der Waals surface area (Å²) >= 11 is 0. The Bertz CT molecular complexity index is 1180. The second-order valence-corrected chi connectivity index (χ2v) is 13.2. The van der Waals surface area contributed by atoms with Crippen molar-refractivity contribution in [3.05, 3.63) is 23.8 Å². The van der Waals surface area contributed by atoms with Crippen LogP contribution in [-0.2, 0) is 24.9 Å². The van der Waals surface area contributed by atoms with E-state index < -0.39 is 26.3 Å². The van der Waals surface area contributed by atoms with E-state index in [1.54, 1.807) is 18.2 Å². The van der Waals surface area contributed by atoms with E-state index in [9.17, 15) is 21.6 Å². The van der Waals surface area contributed by atoms with Crippen molar-refractivity contribution in [1.82, 2.24) is 30.3 Å². The van der Waals surface area contributed by atoms with E-state index in [1.807, 2.05) is 26.0 Å². The van der Waals surface area contributed by atoms with Crippen molar-refractivity contribution in [1.29, 1.82) is 0 Å². The van der Waals surface area contributed by atoms with Crippen LogP contribution in [0.1, 0.15) is 38.4 Å². The Morgan fingerprint density at radius 1 is 1.08 bits per heavy atom. The summed E-state index contributed by atoms with van der Waals surface area (Å²) in [6.07, 6.45) is 2.09. The number of likely N-dealkylation sites (N-methyl/N-ethyl adjacent to an activating group) is 2. The number of ether oxygens (including phenoxy) is 1. The Labute approximate surface area is 225 Å². The highest BCUT2D eigenvalue weighted by molar-refractivity contribution is 7.89. The van der Waals surface area contributed by atoms with Gasteiger partial charge in [0.2, 0.25) is 15.9 Å². The van der Waals surface area contributed by atoms with Crippen LogP contribution in [0.2, 0.25) is 0 Å². The number of hydrogen-bond donors (Lipinski definition) is 4. The predicted molar refractivity (Wildman–Crippen MR) is 143 cm³/mol. The van der Waals surface area contributed by atoms with Gasteiger partial charge >= 0.3 is 0 Å². The molecular weight excluding hydrogens is 536 g/mol. The number of nitrogens with one attached hydrogen (secondary N) is 3. The summed E-state index contributed by atoms with van der Waals surface area (Å²) in [5.41, 5.74) is 4.02. The summed E-state index contributed by atoms with van der Waals surface area (Å²) in [6, 6.07) is 4.64. The minimum absolute atomic E-state index is 0.0906. The first-order chi connectivity index (χ1) is 17.8. The Kier molecular flexibility index (Phi) is 10.1. The fraction of sp³-hybridized carbons (Fsp3) is 0.696. The lowest BCUT2D eigenvalue weighted by atomic mass is 9.94. The Hall–Kier alpha value is -1.85. The Balaban J connectivity index is 0.000000732. The van der Waals surface area contributed by atoms with Crippen molar-refractivity contribution in [2.75, 3.05) is 53.1 Å². The molecule has 13 nitrogen and oxygen atoms in total. The van der Waals surface area contributed by atoms with Crippen LogP contribution in [-0.4, -0.2) is 113 Å². The topological polar surface area (TPSA) is 161 Å². The SMILES string of the molecule is CCCC1NN(C)C2C(=O)NC(c3cc(S(=O)(=O)N4CCN(C)CC4)ccc3OCC)NC12.CS(=O)(=O)O. The maximum absolute atomic E-state index is 13.4. The van der Waals surface area contributed by atoms with E-state index in [4.69, 9.17) is 9.29 Å². The van der Waals surface area contributed by atoms with Crippen molar-refractivity contribution in [3.63, 3.8) is 0 Å². The van der Waals surface area contributed by atoms with Gasteiger partial charge in [0.05, 0.1) is 23.8 Å². The molecule has 4 atom stereocenters. The summed E-state index contributed by atoms with van der Waals surface area (Å²) < 4.78 is 60.0. The van der Waals surface area contributed by atoms with Crippen LogP contribution in [0.25, 0.3) is 0 Å². The molecule has 0 spiro atoms. The van der Waals surface area contributed by atoms with Crippen LogP contribution in [0.5, 0.6) is 5.75 Å². The van der Waals surface area contributed by atoms with Gasteiger partial charge in [-0.1, -0.05) is 13.3 Å². The van der Waals surface area contributed by atoms with Crippen LogP contribution >= 0.6 is 0 Å². The van der Waals surface area contributed by atoms with Gasteiger partial charge < -0.3 is 15.0 Å². The molecule has 4 unspecified atom stereocenters. The molecule has 0 radical (unpaired) electrons. The molecule has 0 saturated carbocycles. The van der Waals surface area contributed by atoms with E-state index in [0.29, 0.717) is 50.4 Å². The van der Waals surface area contributed by atoms with Gasteiger partial charge in [-0.05, 0) is 38.6 Å². The number of hydrogen-bond acceptors (Lipinski definition) is 10. The normalized spacial score (nSPS) is 27.3. The molecule has 3 aliphatic heterocycles. The summed E-state index contributed by atoms with van der Waals surface area (Å²) in [6.45, 7) is 6.76. The van der Waals surface area contributed by atoms with Crippen molar-refractivity contribution in [2.24, 2.45) is 0 Å². The van der Waals surface area contributed by atoms with Gasteiger partial charge in [-0.15, -0.1) is 0 Å². The van der Waals surface area contributed by atoms with Crippen molar-refractivity contribution >= 4 is 26.0 Å². The molecule has 4 N–H and O–H groups in total. The molecule has 1 amide bonds. The number of piperazine rings is 1. The third-order valence-electron chi connectivity index (χ3n) is 6.77. The average molecular weight is 577 g/mol. The number of hydrazine groups is 1. The van der Waals surface area contributed by atoms with Crippen molar-refractivity contribution < 1.29 is 30.9 Å². The molecule has 3 fully saturated rings. The lowest BCUT2D eigenvalue weighted by molar-refractivity contribution is -0.129. The Morgan fingerprint density at radius 3 is 2.29 bits per heavy atom. The number of nitrogens with zero attached hydrogens (tertiary/aromatic N) is 3. The third-order valence-corrected chi connectivity index (χ3v) is 8.66. The van der Waals surface area contributed by atoms with Crippen molar-refractivity contribution in [2.45, 2.75) is 55.9 Å². The standard InChI is InChI=1S/C22H36N6O4S.CH4O3S/c1-5-7-17-19-20(27(4)25-17)22(29)24-21(23-19)16-14-15(8-9-18(16)32-6-2)33(30,31)28-12-10-26(3)11-13-28;1-5(2,3)4/h8-9,14,17,19-21,23,25H,5-7,10-13H2,1-4H3,(H,24,29);1H3,(H,2,3,4). The van der Waals surface area contributed by atoms with Gasteiger partial charge in [-0.2, -0.15) is 12.7 Å². The largest absolute Gasteiger partial charge is 0.493 e. The summed E-state index contributed by atoms with van der Waals surface area (Å²) in [5, 5.41) is 8.45. The first kappa shape index (κ1) is 30.7. The van der Waals surface area contributed by atoms with Gasteiger partial charge in [-0.25, -0.2) is 18.9 Å². The number of rotatable bonds is 7. The molecule has 1 aromatic rings. The number of carbonyl (C=O) groups is 1. The molecule has 3 aliphatic rings. The molecule has 216 valence electrons. The zero-order chi connectivity index (χ0) is 28.3. The molecule has 38 heavy (non-hydrogen) atoms. The van der Waals surface area contributed by atoms with Crippen LogP contribution < -0.4 is 20.8 Å². The van der Waals surface area contributed by atoms with E-state index >= 15 is 0 Å². The molecule has 0 aliphatic carbocycles. The van der Waals surface area contributed by atoms with Gasteiger partial charge in [0.1, 0.15) is 18.0 Å². The fourth-order valence-corrected chi connectivity index (χ4v) is 6.45. The molecule has 1 aromatic carbocycles. The maximum Gasteiger partial charge on any atom is 0.261 e. The first-order valence-electron chi connectivity index (χ1n) is 12.7. The highest BCUT2D eigenvalue weighted by Crippen LogP contribution is 2.33. The summed E-state index contributed by atoms with van der Waals surface area (Å²) in [7, 11) is -3.44. The lowest BCUT2D eigenvalue weighted by Crippen LogP contribution is -2.62. The van der Waals surface area contributed by atoms with E-state index in [0.717, 1.165) is 12.8 Å². The second kappa shape index (κ2) is 12.6. The molecule has 3 saturated heterocycles. The van der Waals surface area contributed by atoms with E-state index in [-0.39, 0.29) is 28.9 Å². The monoisotopic (exact) mass is 576 g/mol. The van der Waals surface area contributed by atoms with Crippen LogP contribution in [0, 0.1) is 0 Å². The predicted octanol–water partition coefficient (Wildman–Crippen LogP) is -0.401. The summed E-state index contributed by atoms with van der Waals surface area (Å²) in [4.78, 5) is 15.4. The second-order valence-electron chi connectivity index (χ2n) is 9.79. The van der Waals surface area contributed by atoms with Gasteiger partial charge in [0.25, 0.3) is 10.1 Å². The van der Waals surface area contributed by atoms with Crippen LogP contribution in [0.3, 0.4) is 0 Å². The minimum Gasteiger partial charge on any atom is -0.493 e. The molecule has 0 bridgehead atoms. The number of fused-ring (bicyclic) bond motifs is 1. The smallest absolute Gasteiger partial charge is 0.261 e. The van der Waals surface area contributed by atoms with Crippen LogP contribution in [0.4, 0.5) is 0 Å². The highest BCUT2D eigenvalue weighted by atomic mass is 32.2. The number of benzene rings is 1. The highest BCUT2D eigenvalue weighted by Gasteiger charge is 2.48. The van der Waals surface area contributed by atoms with Gasteiger partial charge in [0, 0.05) is 44.8 Å². The molecule has 0 aromatic heterocycles.